The number of amides is 1. The summed E-state index contributed by atoms with van der Waals surface area (Å²) in [6, 6.07) is 17.9. The van der Waals surface area contributed by atoms with Gasteiger partial charge in [0.2, 0.25) is 0 Å². The Kier molecular flexibility index (Phi) is 7.72. The number of carbonyl (C=O) groups excluding carboxylic acids is 1. The number of fused-ring (bicyclic) bond motifs is 3. The van der Waals surface area contributed by atoms with Crippen LogP contribution >= 0.6 is 24.8 Å². The number of piperazine rings is 1. The molecule has 0 saturated carbocycles. The molecule has 1 atom stereocenters. The minimum atomic E-state index is -0.371. The van der Waals surface area contributed by atoms with Crippen LogP contribution in [0.1, 0.15) is 28.7 Å². The molecule has 8 heteroatoms. The second kappa shape index (κ2) is 10.3. The summed E-state index contributed by atoms with van der Waals surface area (Å²) >= 11 is 0. The number of carbonyl (C=O) groups is 1. The minimum absolute atomic E-state index is 0. The van der Waals surface area contributed by atoms with Crippen molar-refractivity contribution in [3.8, 4) is 11.1 Å². The number of aromatic nitrogens is 1. The maximum atomic E-state index is 14.1. The first-order chi connectivity index (χ1) is 14.7. The van der Waals surface area contributed by atoms with E-state index in [2.05, 4.69) is 34.6 Å². The average Bonchev–Trinajstić information content (AvgIpc) is 3.12. The summed E-state index contributed by atoms with van der Waals surface area (Å²) in [5, 5.41) is 3.27. The van der Waals surface area contributed by atoms with Crippen LogP contribution in [0, 0.1) is 5.82 Å². The molecule has 1 aliphatic carbocycles. The molecule has 3 aromatic rings. The van der Waals surface area contributed by atoms with Crippen molar-refractivity contribution in [2.45, 2.75) is 12.0 Å². The first-order valence-electron chi connectivity index (χ1n) is 10.1. The van der Waals surface area contributed by atoms with Gasteiger partial charge in [-0.05, 0) is 28.3 Å². The van der Waals surface area contributed by atoms with E-state index in [1.54, 1.807) is 17.2 Å². The zero-order valence-electron chi connectivity index (χ0n) is 17.2. The van der Waals surface area contributed by atoms with Crippen LogP contribution < -0.4 is 5.32 Å². The van der Waals surface area contributed by atoms with Crippen LogP contribution in [0.25, 0.3) is 11.1 Å². The molecule has 1 amide bonds. The van der Waals surface area contributed by atoms with Gasteiger partial charge in [0.25, 0.3) is 0 Å². The number of nitrogens with zero attached hydrogens (tertiary/aromatic N) is 2. The van der Waals surface area contributed by atoms with Gasteiger partial charge < -0.3 is 15.0 Å². The third-order valence-electron chi connectivity index (χ3n) is 5.95. The van der Waals surface area contributed by atoms with Crippen LogP contribution in [-0.4, -0.2) is 42.2 Å². The molecule has 5 nitrogen and oxygen atoms in total. The van der Waals surface area contributed by atoms with Crippen LogP contribution in [0.3, 0.4) is 0 Å². The Morgan fingerprint density at radius 2 is 1.69 bits per heavy atom. The maximum Gasteiger partial charge on any atom is 0.409 e. The molecule has 2 aliphatic rings. The fourth-order valence-electron chi connectivity index (χ4n) is 4.48. The Labute approximate surface area is 198 Å². The van der Waals surface area contributed by atoms with E-state index in [0.29, 0.717) is 25.2 Å². The van der Waals surface area contributed by atoms with Gasteiger partial charge in [-0.2, -0.15) is 0 Å². The normalized spacial score (nSPS) is 16.9. The molecule has 0 bridgehead atoms. The zero-order chi connectivity index (χ0) is 20.5. The summed E-state index contributed by atoms with van der Waals surface area (Å²) in [5.74, 6) is -0.345. The van der Waals surface area contributed by atoms with Gasteiger partial charge in [0, 0.05) is 37.3 Å². The molecule has 1 unspecified atom stereocenters. The first-order valence-corrected chi connectivity index (χ1v) is 10.1. The van der Waals surface area contributed by atoms with Gasteiger partial charge in [0.15, 0.2) is 0 Å². The van der Waals surface area contributed by atoms with Crippen molar-refractivity contribution in [3.05, 3.63) is 89.5 Å². The van der Waals surface area contributed by atoms with E-state index in [9.17, 15) is 9.18 Å². The molecule has 1 saturated heterocycles. The molecule has 168 valence electrons. The molecular weight excluding hydrogens is 452 g/mol. The molecule has 5 rings (SSSR count). The van der Waals surface area contributed by atoms with Crippen molar-refractivity contribution in [2.75, 3.05) is 26.2 Å². The lowest BCUT2D eigenvalue weighted by molar-refractivity contribution is 0.0880. The summed E-state index contributed by atoms with van der Waals surface area (Å²) in [4.78, 5) is 18.3. The molecule has 1 N–H and O–H groups in total. The van der Waals surface area contributed by atoms with Gasteiger partial charge in [-0.1, -0.05) is 48.5 Å². The van der Waals surface area contributed by atoms with Gasteiger partial charge in [0.1, 0.15) is 12.4 Å². The van der Waals surface area contributed by atoms with Crippen LogP contribution in [0.2, 0.25) is 0 Å². The van der Waals surface area contributed by atoms with Crippen molar-refractivity contribution in [1.82, 2.24) is 15.2 Å². The SMILES string of the molecule is Cl.Cl.O=C(OCC1c2ccccc2-c2ccccc21)N1CCNC(c2ccncc2F)C1. The summed E-state index contributed by atoms with van der Waals surface area (Å²) in [7, 11) is 0. The number of halogens is 3. The van der Waals surface area contributed by atoms with Crippen molar-refractivity contribution in [1.29, 1.82) is 0 Å². The van der Waals surface area contributed by atoms with E-state index < -0.39 is 0 Å². The van der Waals surface area contributed by atoms with Crippen LogP contribution in [0.5, 0.6) is 0 Å². The molecule has 0 radical (unpaired) electrons. The number of hydrogen-bond acceptors (Lipinski definition) is 4. The third-order valence-corrected chi connectivity index (χ3v) is 5.95. The second-order valence-electron chi connectivity index (χ2n) is 7.65. The highest BCUT2D eigenvalue weighted by atomic mass is 35.5. The zero-order valence-corrected chi connectivity index (χ0v) is 18.9. The molecule has 1 fully saturated rings. The first kappa shape index (κ1) is 24.0. The van der Waals surface area contributed by atoms with Gasteiger partial charge in [-0.3, -0.25) is 4.98 Å². The molecular formula is C24H24Cl2FN3O2. The van der Waals surface area contributed by atoms with Crippen molar-refractivity contribution < 1.29 is 13.9 Å². The predicted molar refractivity (Wildman–Crippen MR) is 126 cm³/mol. The highest BCUT2D eigenvalue weighted by Crippen LogP contribution is 2.44. The average molecular weight is 476 g/mol. The molecule has 1 aromatic heterocycles. The van der Waals surface area contributed by atoms with E-state index in [0.717, 1.165) is 0 Å². The summed E-state index contributed by atoms with van der Waals surface area (Å²) in [6.07, 6.45) is 2.40. The Morgan fingerprint density at radius 1 is 1.03 bits per heavy atom. The molecule has 2 heterocycles. The quantitative estimate of drug-likeness (QED) is 0.581. The highest BCUT2D eigenvalue weighted by Gasteiger charge is 2.31. The molecule has 32 heavy (non-hydrogen) atoms. The van der Waals surface area contributed by atoms with E-state index in [1.807, 2.05) is 24.3 Å². The lowest BCUT2D eigenvalue weighted by Gasteiger charge is -2.33. The Balaban J connectivity index is 0.00000144. The fraction of sp³-hybridized carbons (Fsp3) is 0.250. The lowest BCUT2D eigenvalue weighted by atomic mass is 9.98. The van der Waals surface area contributed by atoms with Gasteiger partial charge >= 0.3 is 6.09 Å². The van der Waals surface area contributed by atoms with Gasteiger partial charge in [-0.25, -0.2) is 9.18 Å². The van der Waals surface area contributed by atoms with E-state index in [4.69, 9.17) is 4.74 Å². The highest BCUT2D eigenvalue weighted by molar-refractivity contribution is 5.85. The van der Waals surface area contributed by atoms with Crippen molar-refractivity contribution in [2.24, 2.45) is 0 Å². The number of nitrogens with one attached hydrogen (secondary N) is 1. The Hall–Kier alpha value is -2.67. The Morgan fingerprint density at radius 3 is 2.34 bits per heavy atom. The van der Waals surface area contributed by atoms with E-state index in [-0.39, 0.29) is 55.3 Å². The fourth-order valence-corrected chi connectivity index (χ4v) is 4.48. The number of hydrogen-bond donors (Lipinski definition) is 1. The number of pyridine rings is 1. The van der Waals surface area contributed by atoms with Gasteiger partial charge in [0.05, 0.1) is 12.2 Å². The maximum absolute atomic E-state index is 14.1. The number of benzene rings is 2. The summed E-state index contributed by atoms with van der Waals surface area (Å²) < 4.78 is 19.8. The van der Waals surface area contributed by atoms with Gasteiger partial charge in [-0.15, -0.1) is 24.8 Å². The van der Waals surface area contributed by atoms with Crippen molar-refractivity contribution in [3.63, 3.8) is 0 Å². The Bertz CT molecular complexity index is 1050. The monoisotopic (exact) mass is 475 g/mol. The van der Waals surface area contributed by atoms with Crippen LogP contribution in [0.15, 0.2) is 67.0 Å². The van der Waals surface area contributed by atoms with E-state index >= 15 is 0 Å². The summed E-state index contributed by atoms with van der Waals surface area (Å²) in [5.41, 5.74) is 5.28. The minimum Gasteiger partial charge on any atom is -0.448 e. The molecule has 1 aliphatic heterocycles. The lowest BCUT2D eigenvalue weighted by Crippen LogP contribution is -2.48. The van der Waals surface area contributed by atoms with Crippen molar-refractivity contribution >= 4 is 30.9 Å². The standard InChI is InChI=1S/C24H22FN3O2.2ClH/c25-22-13-26-10-9-20(22)23-14-28(12-11-27-23)24(29)30-15-21-18-7-3-1-5-16(18)17-6-2-4-8-19(17)21;;/h1-10,13,21,23,27H,11-12,14-15H2;2*1H. The number of rotatable bonds is 3. The second-order valence-corrected chi connectivity index (χ2v) is 7.65. The number of ether oxygens (including phenoxy) is 1. The smallest absolute Gasteiger partial charge is 0.409 e. The predicted octanol–water partition coefficient (Wildman–Crippen LogP) is 4.96. The third kappa shape index (κ3) is 4.44. The molecule has 0 spiro atoms. The topological polar surface area (TPSA) is 54.5 Å². The van der Waals surface area contributed by atoms with Crippen LogP contribution in [-0.2, 0) is 4.74 Å². The van der Waals surface area contributed by atoms with Crippen LogP contribution in [0.4, 0.5) is 9.18 Å². The molecule has 2 aromatic carbocycles. The van der Waals surface area contributed by atoms with E-state index in [1.165, 1.54) is 28.5 Å². The summed E-state index contributed by atoms with van der Waals surface area (Å²) in [6.45, 7) is 1.75. The largest absolute Gasteiger partial charge is 0.448 e.